The minimum absolute atomic E-state index is 0.0365. The van der Waals surface area contributed by atoms with Gasteiger partial charge in [-0.2, -0.15) is 5.10 Å². The third-order valence-corrected chi connectivity index (χ3v) is 4.71. The first-order valence-corrected chi connectivity index (χ1v) is 8.35. The highest BCUT2D eigenvalue weighted by Crippen LogP contribution is 2.23. The number of amides is 1. The minimum Gasteiger partial charge on any atom is -0.303 e. The number of thioether (sulfide) groups is 1. The highest BCUT2D eigenvalue weighted by atomic mass is 35.5. The first kappa shape index (κ1) is 15.8. The fourth-order valence-electron chi connectivity index (χ4n) is 2.14. The van der Waals surface area contributed by atoms with Gasteiger partial charge in [0.25, 0.3) is 0 Å². The molecule has 1 N–H and O–H groups in total. The van der Waals surface area contributed by atoms with Crippen molar-refractivity contribution in [3.63, 3.8) is 0 Å². The summed E-state index contributed by atoms with van der Waals surface area (Å²) >= 11 is 7.44. The van der Waals surface area contributed by atoms with Crippen molar-refractivity contribution in [1.29, 1.82) is 0 Å². The van der Waals surface area contributed by atoms with Crippen LogP contribution in [-0.4, -0.2) is 22.5 Å². The van der Waals surface area contributed by atoms with Crippen LogP contribution in [-0.2, 0) is 11.2 Å². The summed E-state index contributed by atoms with van der Waals surface area (Å²) in [4.78, 5) is 12.0. The molecule has 2 aromatic carbocycles. The Morgan fingerprint density at radius 1 is 1.13 bits per heavy atom. The second kappa shape index (κ2) is 7.44. The molecule has 1 aliphatic heterocycles. The Hall–Kier alpha value is -2.11. The second-order valence-electron chi connectivity index (χ2n) is 4.96. The van der Waals surface area contributed by atoms with Crippen LogP contribution in [0.1, 0.15) is 11.1 Å². The van der Waals surface area contributed by atoms with E-state index in [9.17, 15) is 4.79 Å². The molecule has 2 aromatic rings. The Morgan fingerprint density at radius 2 is 1.87 bits per heavy atom. The Labute approximate surface area is 143 Å². The summed E-state index contributed by atoms with van der Waals surface area (Å²) in [6.45, 7) is 0. The van der Waals surface area contributed by atoms with Gasteiger partial charge in [-0.25, -0.2) is 0 Å². The molecule has 3 rings (SSSR count). The van der Waals surface area contributed by atoms with Crippen LogP contribution >= 0.6 is 23.4 Å². The van der Waals surface area contributed by atoms with Gasteiger partial charge in [-0.1, -0.05) is 71.9 Å². The number of carbonyl (C=O) groups is 1. The van der Waals surface area contributed by atoms with Crippen LogP contribution < -0.4 is 5.32 Å². The maximum Gasteiger partial charge on any atom is 0.239 e. The summed E-state index contributed by atoms with van der Waals surface area (Å²) in [6.07, 6.45) is 2.25. The number of rotatable bonds is 4. The lowest BCUT2D eigenvalue weighted by Crippen LogP contribution is -2.25. The fourth-order valence-corrected chi connectivity index (χ4v) is 3.29. The summed E-state index contributed by atoms with van der Waals surface area (Å²) in [5.41, 5.74) is 1.91. The zero-order chi connectivity index (χ0) is 16.1. The predicted octanol–water partition coefficient (Wildman–Crippen LogP) is 3.50. The van der Waals surface area contributed by atoms with Crippen molar-refractivity contribution in [1.82, 2.24) is 5.32 Å². The number of nitrogens with zero attached hydrogens (tertiary/aromatic N) is 2. The normalized spacial score (nSPS) is 19.4. The van der Waals surface area contributed by atoms with Crippen molar-refractivity contribution >= 4 is 40.7 Å². The quantitative estimate of drug-likeness (QED) is 0.682. The van der Waals surface area contributed by atoms with Gasteiger partial charge in [0.1, 0.15) is 0 Å². The van der Waals surface area contributed by atoms with Gasteiger partial charge in [0.15, 0.2) is 5.17 Å². The predicted molar refractivity (Wildman–Crippen MR) is 96.1 cm³/mol. The van der Waals surface area contributed by atoms with Crippen molar-refractivity contribution in [3.8, 4) is 0 Å². The third kappa shape index (κ3) is 4.21. The first-order chi connectivity index (χ1) is 11.2. The van der Waals surface area contributed by atoms with E-state index in [1.54, 1.807) is 12.3 Å². The number of hydrogen-bond donors (Lipinski definition) is 1. The van der Waals surface area contributed by atoms with E-state index in [0.717, 1.165) is 11.1 Å². The van der Waals surface area contributed by atoms with Crippen LogP contribution in [0.15, 0.2) is 64.8 Å². The van der Waals surface area contributed by atoms with Gasteiger partial charge in [0.2, 0.25) is 5.91 Å². The molecule has 1 fully saturated rings. The molecule has 1 heterocycles. The van der Waals surface area contributed by atoms with E-state index in [1.165, 1.54) is 11.8 Å². The summed E-state index contributed by atoms with van der Waals surface area (Å²) in [6, 6.07) is 17.3. The maximum absolute atomic E-state index is 12.0. The highest BCUT2D eigenvalue weighted by Gasteiger charge is 2.30. The second-order valence-corrected chi connectivity index (χ2v) is 6.56. The van der Waals surface area contributed by atoms with Gasteiger partial charge < -0.3 is 5.32 Å². The van der Waals surface area contributed by atoms with E-state index in [0.29, 0.717) is 16.6 Å². The smallest absolute Gasteiger partial charge is 0.239 e. The molecule has 0 saturated carbocycles. The largest absolute Gasteiger partial charge is 0.303 e. The lowest BCUT2D eigenvalue weighted by Gasteiger charge is -2.04. The highest BCUT2D eigenvalue weighted by molar-refractivity contribution is 8.15. The monoisotopic (exact) mass is 343 g/mol. The van der Waals surface area contributed by atoms with Crippen LogP contribution in [0.3, 0.4) is 0 Å². The molecular weight excluding hydrogens is 330 g/mol. The molecule has 1 atom stereocenters. The van der Waals surface area contributed by atoms with Crippen LogP contribution in [0.4, 0.5) is 0 Å². The Bertz CT molecular complexity index is 761. The molecule has 6 heteroatoms. The number of benzene rings is 2. The lowest BCUT2D eigenvalue weighted by molar-refractivity contribution is -0.118. The van der Waals surface area contributed by atoms with E-state index in [1.807, 2.05) is 48.5 Å². The number of carbonyl (C=O) groups excluding carboxylic acids is 1. The number of hydrogen-bond acceptors (Lipinski definition) is 4. The summed E-state index contributed by atoms with van der Waals surface area (Å²) in [5, 5.41) is 11.8. The molecule has 1 saturated heterocycles. The van der Waals surface area contributed by atoms with E-state index in [2.05, 4.69) is 15.5 Å². The van der Waals surface area contributed by atoms with Crippen LogP contribution in [0.5, 0.6) is 0 Å². The molecule has 1 amide bonds. The summed E-state index contributed by atoms with van der Waals surface area (Å²) in [7, 11) is 0. The number of amidine groups is 1. The Balaban J connectivity index is 1.64. The fraction of sp³-hybridized carbons (Fsp3) is 0.118. The molecule has 23 heavy (non-hydrogen) atoms. The van der Waals surface area contributed by atoms with Crippen LogP contribution in [0.25, 0.3) is 0 Å². The number of halogens is 1. The molecule has 0 bridgehead atoms. The van der Waals surface area contributed by atoms with Gasteiger partial charge in [0, 0.05) is 10.6 Å². The van der Waals surface area contributed by atoms with Crippen molar-refractivity contribution in [2.24, 2.45) is 10.2 Å². The van der Waals surface area contributed by atoms with Gasteiger partial charge >= 0.3 is 0 Å². The summed E-state index contributed by atoms with van der Waals surface area (Å²) in [5.74, 6) is -0.0365. The zero-order valence-electron chi connectivity index (χ0n) is 12.1. The van der Waals surface area contributed by atoms with E-state index in [-0.39, 0.29) is 11.2 Å². The minimum atomic E-state index is -0.174. The van der Waals surface area contributed by atoms with Gasteiger partial charge in [-0.3, -0.25) is 4.79 Å². The summed E-state index contributed by atoms with van der Waals surface area (Å²) < 4.78 is 0. The average molecular weight is 344 g/mol. The topological polar surface area (TPSA) is 53.8 Å². The van der Waals surface area contributed by atoms with Crippen molar-refractivity contribution in [2.45, 2.75) is 11.7 Å². The van der Waals surface area contributed by atoms with Crippen LogP contribution in [0.2, 0.25) is 5.02 Å². The van der Waals surface area contributed by atoms with Crippen LogP contribution in [0, 0.1) is 0 Å². The SMILES string of the molecule is O=C1N/C(=N/N=C\c2ccccc2Cl)S[C@H]1Cc1ccccc1. The standard InChI is InChI=1S/C17H14ClN3OS/c18-14-9-5-4-8-13(14)11-19-21-17-20-16(22)15(23-17)10-12-6-2-1-3-7-12/h1-9,11,15H,10H2,(H,20,21,22)/b19-11-/t15-/m0/s1. The zero-order valence-corrected chi connectivity index (χ0v) is 13.7. The van der Waals surface area contributed by atoms with Crippen molar-refractivity contribution in [3.05, 3.63) is 70.7 Å². The van der Waals surface area contributed by atoms with E-state index >= 15 is 0 Å². The Kier molecular flexibility index (Phi) is 5.10. The average Bonchev–Trinajstić information content (AvgIpc) is 2.90. The molecule has 4 nitrogen and oxygen atoms in total. The van der Waals surface area contributed by atoms with Gasteiger partial charge in [-0.15, -0.1) is 5.10 Å². The van der Waals surface area contributed by atoms with Crippen molar-refractivity contribution in [2.75, 3.05) is 0 Å². The number of nitrogens with one attached hydrogen (secondary N) is 1. The first-order valence-electron chi connectivity index (χ1n) is 7.09. The van der Waals surface area contributed by atoms with E-state index in [4.69, 9.17) is 11.6 Å². The molecule has 0 radical (unpaired) electrons. The molecule has 0 unspecified atom stereocenters. The lowest BCUT2D eigenvalue weighted by atomic mass is 10.1. The van der Waals surface area contributed by atoms with Crippen molar-refractivity contribution < 1.29 is 4.79 Å². The van der Waals surface area contributed by atoms with Gasteiger partial charge in [-0.05, 0) is 18.1 Å². The molecule has 0 aliphatic carbocycles. The molecule has 1 aliphatic rings. The molecule has 0 spiro atoms. The molecule has 0 aromatic heterocycles. The molecule has 116 valence electrons. The van der Waals surface area contributed by atoms with E-state index < -0.39 is 0 Å². The third-order valence-electron chi connectivity index (χ3n) is 3.29. The molecular formula is C17H14ClN3OS. The Morgan fingerprint density at radius 3 is 2.65 bits per heavy atom. The van der Waals surface area contributed by atoms with Gasteiger partial charge in [0.05, 0.1) is 11.5 Å². The maximum atomic E-state index is 12.0.